The van der Waals surface area contributed by atoms with Crippen LogP contribution in [-0.2, 0) is 4.79 Å². The van der Waals surface area contributed by atoms with Crippen LogP contribution >= 0.6 is 0 Å². The average Bonchev–Trinajstić information content (AvgIpc) is 3.23. The lowest BCUT2D eigenvalue weighted by atomic mass is 10.2. The van der Waals surface area contributed by atoms with E-state index in [0.717, 1.165) is 24.9 Å². The van der Waals surface area contributed by atoms with Crippen LogP contribution in [-0.4, -0.2) is 50.1 Å². The zero-order chi connectivity index (χ0) is 15.5. The van der Waals surface area contributed by atoms with Crippen LogP contribution in [0.4, 0.5) is 0 Å². The minimum absolute atomic E-state index is 0.00459. The standard InChI is InChI=1S/C15H20N6O/c1-11(15(22)20-9-5-8-13(20)10-16)21-18-14(17-19-21)12-6-3-2-4-7-12/h2-4,6-7,11,13H,5,8-10,16H2,1H3. The highest BCUT2D eigenvalue weighted by molar-refractivity contribution is 5.80. The Bertz CT molecular complexity index is 640. The summed E-state index contributed by atoms with van der Waals surface area (Å²) >= 11 is 0. The van der Waals surface area contributed by atoms with Crippen molar-refractivity contribution in [1.82, 2.24) is 25.1 Å². The van der Waals surface area contributed by atoms with Gasteiger partial charge in [0.05, 0.1) is 0 Å². The number of rotatable bonds is 4. The van der Waals surface area contributed by atoms with Gasteiger partial charge in [0, 0.05) is 24.7 Å². The van der Waals surface area contributed by atoms with E-state index < -0.39 is 6.04 Å². The molecule has 2 atom stereocenters. The molecule has 2 heterocycles. The molecule has 116 valence electrons. The number of likely N-dealkylation sites (tertiary alicyclic amines) is 1. The highest BCUT2D eigenvalue weighted by Crippen LogP contribution is 2.21. The molecule has 1 aliphatic rings. The van der Waals surface area contributed by atoms with Gasteiger partial charge in [-0.3, -0.25) is 4.79 Å². The molecule has 1 aromatic heterocycles. The lowest BCUT2D eigenvalue weighted by molar-refractivity contribution is -0.135. The molecule has 1 aliphatic heterocycles. The van der Waals surface area contributed by atoms with Crippen molar-refractivity contribution in [3.63, 3.8) is 0 Å². The highest BCUT2D eigenvalue weighted by atomic mass is 16.2. The predicted molar refractivity (Wildman–Crippen MR) is 81.8 cm³/mol. The zero-order valence-corrected chi connectivity index (χ0v) is 12.6. The third-order valence-electron chi connectivity index (χ3n) is 4.10. The molecule has 2 unspecified atom stereocenters. The van der Waals surface area contributed by atoms with Crippen LogP contribution in [0.3, 0.4) is 0 Å². The van der Waals surface area contributed by atoms with Gasteiger partial charge in [-0.1, -0.05) is 30.3 Å². The molecule has 7 heteroatoms. The van der Waals surface area contributed by atoms with E-state index in [1.165, 1.54) is 4.80 Å². The molecular formula is C15H20N6O. The van der Waals surface area contributed by atoms with Gasteiger partial charge in [-0.05, 0) is 25.0 Å². The summed E-state index contributed by atoms with van der Waals surface area (Å²) in [5.41, 5.74) is 6.62. The molecule has 1 aromatic carbocycles. The molecule has 0 aliphatic carbocycles. The SMILES string of the molecule is CC(C(=O)N1CCCC1CN)n1nnc(-c2ccccc2)n1. The second-order valence-corrected chi connectivity index (χ2v) is 5.54. The monoisotopic (exact) mass is 300 g/mol. The third kappa shape index (κ3) is 2.71. The second kappa shape index (κ2) is 6.23. The maximum Gasteiger partial charge on any atom is 0.249 e. The summed E-state index contributed by atoms with van der Waals surface area (Å²) in [7, 11) is 0. The van der Waals surface area contributed by atoms with Crippen molar-refractivity contribution >= 4 is 5.91 Å². The van der Waals surface area contributed by atoms with Crippen LogP contribution in [0.2, 0.25) is 0 Å². The Morgan fingerprint density at radius 3 is 2.91 bits per heavy atom. The normalized spacial score (nSPS) is 19.4. The smallest absolute Gasteiger partial charge is 0.249 e. The van der Waals surface area contributed by atoms with Crippen LogP contribution in [0.1, 0.15) is 25.8 Å². The van der Waals surface area contributed by atoms with Crippen LogP contribution in [0.15, 0.2) is 30.3 Å². The first-order chi connectivity index (χ1) is 10.7. The first-order valence-electron chi connectivity index (χ1n) is 7.56. The molecule has 2 N–H and O–H groups in total. The number of benzene rings is 1. The summed E-state index contributed by atoms with van der Waals surface area (Å²) < 4.78 is 0. The summed E-state index contributed by atoms with van der Waals surface area (Å²) in [6.07, 6.45) is 1.97. The number of carbonyl (C=O) groups excluding carboxylic acids is 1. The molecule has 0 bridgehead atoms. The van der Waals surface area contributed by atoms with E-state index >= 15 is 0 Å². The molecule has 2 aromatic rings. The second-order valence-electron chi connectivity index (χ2n) is 5.54. The van der Waals surface area contributed by atoms with Gasteiger partial charge < -0.3 is 10.6 Å². The fraction of sp³-hybridized carbons (Fsp3) is 0.467. The first-order valence-corrected chi connectivity index (χ1v) is 7.56. The fourth-order valence-corrected chi connectivity index (χ4v) is 2.80. The number of hydrogen-bond donors (Lipinski definition) is 1. The van der Waals surface area contributed by atoms with Crippen molar-refractivity contribution in [3.05, 3.63) is 30.3 Å². The van der Waals surface area contributed by atoms with Crippen molar-refractivity contribution < 1.29 is 4.79 Å². The number of nitrogens with two attached hydrogens (primary N) is 1. The van der Waals surface area contributed by atoms with Gasteiger partial charge in [0.2, 0.25) is 11.7 Å². The molecule has 7 nitrogen and oxygen atoms in total. The van der Waals surface area contributed by atoms with Crippen LogP contribution in [0, 0.1) is 0 Å². The quantitative estimate of drug-likeness (QED) is 0.904. The van der Waals surface area contributed by atoms with Gasteiger partial charge in [0.1, 0.15) is 6.04 Å². The summed E-state index contributed by atoms with van der Waals surface area (Å²) in [5.74, 6) is 0.530. The molecule has 1 fully saturated rings. The van der Waals surface area contributed by atoms with Crippen molar-refractivity contribution in [2.75, 3.05) is 13.1 Å². The van der Waals surface area contributed by atoms with Crippen LogP contribution in [0.5, 0.6) is 0 Å². The van der Waals surface area contributed by atoms with E-state index in [1.807, 2.05) is 35.2 Å². The zero-order valence-electron chi connectivity index (χ0n) is 12.6. The maximum absolute atomic E-state index is 12.6. The Balaban J connectivity index is 1.77. The Morgan fingerprint density at radius 1 is 1.41 bits per heavy atom. The van der Waals surface area contributed by atoms with Crippen molar-refractivity contribution in [2.45, 2.75) is 31.8 Å². The average molecular weight is 300 g/mol. The summed E-state index contributed by atoms with van der Waals surface area (Å²) in [5, 5.41) is 12.4. The van der Waals surface area contributed by atoms with E-state index in [0.29, 0.717) is 12.4 Å². The number of nitrogens with zero attached hydrogens (tertiary/aromatic N) is 5. The number of aromatic nitrogens is 4. The summed E-state index contributed by atoms with van der Waals surface area (Å²) in [4.78, 5) is 15.8. The minimum Gasteiger partial charge on any atom is -0.337 e. The Hall–Kier alpha value is -2.28. The molecule has 1 saturated heterocycles. The molecule has 0 radical (unpaired) electrons. The number of carbonyl (C=O) groups is 1. The predicted octanol–water partition coefficient (Wildman–Crippen LogP) is 0.851. The Labute approximate surface area is 129 Å². The summed E-state index contributed by atoms with van der Waals surface area (Å²) in [6.45, 7) is 3.05. The first kappa shape index (κ1) is 14.6. The van der Waals surface area contributed by atoms with Crippen molar-refractivity contribution in [2.24, 2.45) is 5.73 Å². The van der Waals surface area contributed by atoms with Crippen molar-refractivity contribution in [1.29, 1.82) is 0 Å². The number of amides is 1. The lowest BCUT2D eigenvalue weighted by Crippen LogP contribution is -2.43. The van der Waals surface area contributed by atoms with Gasteiger partial charge in [-0.15, -0.1) is 10.2 Å². The minimum atomic E-state index is -0.475. The summed E-state index contributed by atoms with van der Waals surface area (Å²) in [6, 6.07) is 9.25. The highest BCUT2D eigenvalue weighted by Gasteiger charge is 2.32. The number of tetrazole rings is 1. The topological polar surface area (TPSA) is 89.9 Å². The van der Waals surface area contributed by atoms with Crippen LogP contribution in [0.25, 0.3) is 11.4 Å². The third-order valence-corrected chi connectivity index (χ3v) is 4.10. The molecule has 3 rings (SSSR count). The van der Waals surface area contributed by atoms with E-state index in [-0.39, 0.29) is 11.9 Å². The molecule has 0 saturated carbocycles. The van der Waals surface area contributed by atoms with Gasteiger partial charge in [-0.2, -0.15) is 4.80 Å². The largest absolute Gasteiger partial charge is 0.337 e. The van der Waals surface area contributed by atoms with Gasteiger partial charge >= 0.3 is 0 Å². The molecule has 22 heavy (non-hydrogen) atoms. The van der Waals surface area contributed by atoms with Gasteiger partial charge in [0.25, 0.3) is 0 Å². The van der Waals surface area contributed by atoms with Gasteiger partial charge in [0.15, 0.2) is 0 Å². The van der Waals surface area contributed by atoms with E-state index in [9.17, 15) is 4.79 Å². The van der Waals surface area contributed by atoms with E-state index in [2.05, 4.69) is 15.4 Å². The number of hydrogen-bond acceptors (Lipinski definition) is 5. The van der Waals surface area contributed by atoms with Gasteiger partial charge in [-0.25, -0.2) is 0 Å². The fourth-order valence-electron chi connectivity index (χ4n) is 2.80. The van der Waals surface area contributed by atoms with Crippen LogP contribution < -0.4 is 5.73 Å². The van der Waals surface area contributed by atoms with Crippen molar-refractivity contribution in [3.8, 4) is 11.4 Å². The van der Waals surface area contributed by atoms with E-state index in [4.69, 9.17) is 5.73 Å². The Kier molecular flexibility index (Phi) is 4.15. The molecule has 0 spiro atoms. The maximum atomic E-state index is 12.6. The Morgan fingerprint density at radius 2 is 2.18 bits per heavy atom. The van der Waals surface area contributed by atoms with E-state index in [1.54, 1.807) is 6.92 Å². The molecule has 1 amide bonds. The molecular weight excluding hydrogens is 280 g/mol. The lowest BCUT2D eigenvalue weighted by Gasteiger charge is -2.25.